The van der Waals surface area contributed by atoms with Gasteiger partial charge in [-0.3, -0.25) is 0 Å². The molecule has 0 fully saturated rings. The Morgan fingerprint density at radius 3 is 2.46 bits per heavy atom. The van der Waals surface area contributed by atoms with E-state index in [1.807, 2.05) is 24.3 Å². The summed E-state index contributed by atoms with van der Waals surface area (Å²) in [4.78, 5) is 2.39. The van der Waals surface area contributed by atoms with Gasteiger partial charge in [0.15, 0.2) is 0 Å². The van der Waals surface area contributed by atoms with Gasteiger partial charge in [-0.25, -0.2) is 4.39 Å². The maximum atomic E-state index is 13.9. The first-order valence-electron chi connectivity index (χ1n) is 10.0. The van der Waals surface area contributed by atoms with Crippen molar-refractivity contribution in [3.8, 4) is 5.75 Å². The van der Waals surface area contributed by atoms with Gasteiger partial charge in [0.2, 0.25) is 0 Å². The summed E-state index contributed by atoms with van der Waals surface area (Å²) in [6.07, 6.45) is 0. The SMILES string of the molecule is CCN(CC)CCNCc1c(OCc2ccccc2F)ccc2ccccc12. The first-order valence-corrected chi connectivity index (χ1v) is 10.0. The second-order valence-electron chi connectivity index (χ2n) is 6.85. The monoisotopic (exact) mass is 380 g/mol. The second-order valence-corrected chi connectivity index (χ2v) is 6.85. The lowest BCUT2D eigenvalue weighted by molar-refractivity contribution is 0.292. The lowest BCUT2D eigenvalue weighted by Gasteiger charge is -2.19. The number of hydrogen-bond donors (Lipinski definition) is 1. The molecule has 0 saturated heterocycles. The van der Waals surface area contributed by atoms with Gasteiger partial charge in [0.05, 0.1) is 0 Å². The van der Waals surface area contributed by atoms with E-state index in [2.05, 4.69) is 42.3 Å². The third-order valence-corrected chi connectivity index (χ3v) is 5.14. The van der Waals surface area contributed by atoms with Gasteiger partial charge in [0, 0.05) is 30.8 Å². The molecule has 0 radical (unpaired) electrons. The molecular weight excluding hydrogens is 351 g/mol. The summed E-state index contributed by atoms with van der Waals surface area (Å²) in [5, 5.41) is 5.90. The van der Waals surface area contributed by atoms with Crippen LogP contribution in [0.1, 0.15) is 25.0 Å². The molecule has 0 saturated carbocycles. The zero-order valence-electron chi connectivity index (χ0n) is 16.7. The van der Waals surface area contributed by atoms with Crippen molar-refractivity contribution in [1.29, 1.82) is 0 Å². The van der Waals surface area contributed by atoms with Crippen molar-refractivity contribution in [3.63, 3.8) is 0 Å². The van der Waals surface area contributed by atoms with Crippen LogP contribution in [0.3, 0.4) is 0 Å². The highest BCUT2D eigenvalue weighted by Gasteiger charge is 2.10. The fourth-order valence-corrected chi connectivity index (χ4v) is 3.39. The van der Waals surface area contributed by atoms with Crippen molar-refractivity contribution in [2.24, 2.45) is 0 Å². The lowest BCUT2D eigenvalue weighted by Crippen LogP contribution is -2.31. The maximum absolute atomic E-state index is 13.9. The molecule has 0 aliphatic carbocycles. The molecule has 148 valence electrons. The van der Waals surface area contributed by atoms with E-state index >= 15 is 0 Å². The fraction of sp³-hybridized carbons (Fsp3) is 0.333. The number of hydrogen-bond acceptors (Lipinski definition) is 3. The molecule has 1 N–H and O–H groups in total. The van der Waals surface area contributed by atoms with E-state index in [9.17, 15) is 4.39 Å². The average molecular weight is 381 g/mol. The molecule has 0 aliphatic heterocycles. The van der Waals surface area contributed by atoms with Crippen molar-refractivity contribution in [2.45, 2.75) is 27.0 Å². The van der Waals surface area contributed by atoms with Crippen molar-refractivity contribution in [1.82, 2.24) is 10.2 Å². The van der Waals surface area contributed by atoms with E-state index in [4.69, 9.17) is 4.74 Å². The Balaban J connectivity index is 1.75. The van der Waals surface area contributed by atoms with Crippen LogP contribution in [0.2, 0.25) is 0 Å². The van der Waals surface area contributed by atoms with E-state index < -0.39 is 0 Å². The number of halogens is 1. The zero-order chi connectivity index (χ0) is 19.8. The van der Waals surface area contributed by atoms with Crippen LogP contribution in [-0.2, 0) is 13.2 Å². The summed E-state index contributed by atoms with van der Waals surface area (Å²) in [7, 11) is 0. The van der Waals surface area contributed by atoms with Crippen LogP contribution in [0.15, 0.2) is 60.7 Å². The Hall–Kier alpha value is -2.43. The van der Waals surface area contributed by atoms with E-state index in [1.165, 1.54) is 16.8 Å². The number of rotatable bonds is 10. The molecule has 0 atom stereocenters. The molecule has 0 aliphatic rings. The quantitative estimate of drug-likeness (QED) is 0.502. The predicted molar refractivity (Wildman–Crippen MR) is 114 cm³/mol. The molecule has 0 spiro atoms. The number of benzene rings is 3. The van der Waals surface area contributed by atoms with Gasteiger partial charge in [0.1, 0.15) is 18.2 Å². The molecule has 3 aromatic rings. The summed E-state index contributed by atoms with van der Waals surface area (Å²) in [6.45, 7) is 9.35. The lowest BCUT2D eigenvalue weighted by atomic mass is 10.0. The maximum Gasteiger partial charge on any atom is 0.129 e. The van der Waals surface area contributed by atoms with Gasteiger partial charge < -0.3 is 15.0 Å². The molecule has 0 amide bonds. The van der Waals surface area contributed by atoms with Crippen LogP contribution < -0.4 is 10.1 Å². The van der Waals surface area contributed by atoms with E-state index in [-0.39, 0.29) is 12.4 Å². The highest BCUT2D eigenvalue weighted by atomic mass is 19.1. The number of nitrogens with one attached hydrogen (secondary N) is 1. The third-order valence-electron chi connectivity index (χ3n) is 5.14. The van der Waals surface area contributed by atoms with Gasteiger partial charge in [0.25, 0.3) is 0 Å². The number of nitrogens with zero attached hydrogens (tertiary/aromatic N) is 1. The highest BCUT2D eigenvalue weighted by Crippen LogP contribution is 2.29. The minimum Gasteiger partial charge on any atom is -0.488 e. The van der Waals surface area contributed by atoms with Gasteiger partial charge >= 0.3 is 0 Å². The molecule has 3 aromatic carbocycles. The van der Waals surface area contributed by atoms with Crippen molar-refractivity contribution < 1.29 is 9.13 Å². The Morgan fingerprint density at radius 2 is 1.68 bits per heavy atom. The molecule has 3 nitrogen and oxygen atoms in total. The molecular formula is C24H29FN2O. The smallest absolute Gasteiger partial charge is 0.129 e. The van der Waals surface area contributed by atoms with E-state index in [0.717, 1.165) is 44.0 Å². The summed E-state index contributed by atoms with van der Waals surface area (Å²) in [5.74, 6) is 0.569. The van der Waals surface area contributed by atoms with Gasteiger partial charge in [-0.2, -0.15) is 0 Å². The normalized spacial score (nSPS) is 11.3. The zero-order valence-corrected chi connectivity index (χ0v) is 16.7. The van der Waals surface area contributed by atoms with Gasteiger partial charge in [-0.05, 0) is 36.0 Å². The van der Waals surface area contributed by atoms with Crippen molar-refractivity contribution in [2.75, 3.05) is 26.2 Å². The van der Waals surface area contributed by atoms with E-state index in [0.29, 0.717) is 5.56 Å². The largest absolute Gasteiger partial charge is 0.488 e. The summed E-state index contributed by atoms with van der Waals surface area (Å²) in [6, 6.07) is 19.1. The second kappa shape index (κ2) is 10.2. The number of fused-ring (bicyclic) bond motifs is 1. The van der Waals surface area contributed by atoms with Crippen LogP contribution >= 0.6 is 0 Å². The average Bonchev–Trinajstić information content (AvgIpc) is 2.73. The Morgan fingerprint density at radius 1 is 0.929 bits per heavy atom. The molecule has 0 bridgehead atoms. The van der Waals surface area contributed by atoms with Crippen molar-refractivity contribution in [3.05, 3.63) is 77.6 Å². The minimum atomic E-state index is -0.234. The Labute approximate surface area is 167 Å². The summed E-state index contributed by atoms with van der Waals surface area (Å²) < 4.78 is 20.0. The highest BCUT2D eigenvalue weighted by molar-refractivity contribution is 5.87. The molecule has 0 unspecified atom stereocenters. The van der Waals surface area contributed by atoms with Gasteiger partial charge in [-0.1, -0.05) is 62.4 Å². The fourth-order valence-electron chi connectivity index (χ4n) is 3.39. The van der Waals surface area contributed by atoms with Crippen LogP contribution in [-0.4, -0.2) is 31.1 Å². The van der Waals surface area contributed by atoms with Crippen LogP contribution in [0.5, 0.6) is 5.75 Å². The minimum absolute atomic E-state index is 0.220. The topological polar surface area (TPSA) is 24.5 Å². The van der Waals surface area contributed by atoms with Crippen molar-refractivity contribution >= 4 is 10.8 Å². The summed E-state index contributed by atoms with van der Waals surface area (Å²) >= 11 is 0. The van der Waals surface area contributed by atoms with Crippen LogP contribution in [0, 0.1) is 5.82 Å². The van der Waals surface area contributed by atoms with Crippen LogP contribution in [0.4, 0.5) is 4.39 Å². The number of likely N-dealkylation sites (N-methyl/N-ethyl adjacent to an activating group) is 1. The first-order chi connectivity index (χ1) is 13.7. The predicted octanol–water partition coefficient (Wildman–Crippen LogP) is 4.99. The Kier molecular flexibility index (Phi) is 7.40. The Bertz CT molecular complexity index is 893. The molecule has 4 heteroatoms. The third kappa shape index (κ3) is 5.09. The van der Waals surface area contributed by atoms with E-state index in [1.54, 1.807) is 12.1 Å². The first kappa shape index (κ1) is 20.3. The molecule has 3 rings (SSSR count). The van der Waals surface area contributed by atoms with Gasteiger partial charge in [-0.15, -0.1) is 0 Å². The number of ether oxygens (including phenoxy) is 1. The summed E-state index contributed by atoms with van der Waals surface area (Å²) in [5.41, 5.74) is 1.69. The molecule has 0 aromatic heterocycles. The standard InChI is InChI=1S/C24H29FN2O/c1-3-27(4-2)16-15-26-17-22-21-11-7-5-9-19(21)13-14-24(22)28-18-20-10-6-8-12-23(20)25/h5-14,26H,3-4,15-18H2,1-2H3. The molecule has 0 heterocycles. The molecule has 28 heavy (non-hydrogen) atoms. The van der Waals surface area contributed by atoms with Crippen LogP contribution in [0.25, 0.3) is 10.8 Å².